The van der Waals surface area contributed by atoms with E-state index in [1.165, 1.54) is 43.3 Å². The molecule has 0 aliphatic carbocycles. The van der Waals surface area contributed by atoms with Crippen LogP contribution in [0.1, 0.15) is 30.1 Å². The first kappa shape index (κ1) is 22.0. The summed E-state index contributed by atoms with van der Waals surface area (Å²) in [5.74, 6) is -0.186. The Hall–Kier alpha value is -2.72. The van der Waals surface area contributed by atoms with Crippen LogP contribution in [0.4, 0.5) is 5.69 Å². The van der Waals surface area contributed by atoms with Crippen molar-refractivity contribution in [2.24, 2.45) is 4.40 Å². The highest BCUT2D eigenvalue weighted by Gasteiger charge is 2.22. The Balaban J connectivity index is 1.81. The van der Waals surface area contributed by atoms with Crippen molar-refractivity contribution < 1.29 is 21.6 Å². The molecule has 0 aromatic heterocycles. The minimum Gasteiger partial charge on any atom is -0.362 e. The number of amidine groups is 1. The summed E-state index contributed by atoms with van der Waals surface area (Å²) in [5.41, 5.74) is 0.375. The number of sulfone groups is 1. The van der Waals surface area contributed by atoms with E-state index in [1.54, 1.807) is 19.2 Å². The predicted molar refractivity (Wildman–Crippen MR) is 115 cm³/mol. The van der Waals surface area contributed by atoms with E-state index in [-0.39, 0.29) is 21.1 Å². The Bertz CT molecular complexity index is 1190. The molecule has 1 aliphatic rings. The number of anilines is 1. The first-order valence-corrected chi connectivity index (χ1v) is 12.5. The molecule has 0 spiro atoms. The van der Waals surface area contributed by atoms with Crippen LogP contribution in [0.2, 0.25) is 0 Å². The number of hydrogen-bond donors (Lipinski definition) is 1. The molecule has 160 valence electrons. The standard InChI is InChI=1S/C20H23N3O5S2/c1-3-29(25,26)18-8-5-4-7-17(18)20(24)21-15-10-12-16(13-11-15)30(27,28)22-19-9-6-14-23(19)2/h4-5,7-8,10-13H,3,6,9,14H2,1-2H3,(H,21,24)/b22-19-. The zero-order chi connectivity index (χ0) is 21.9. The number of rotatable bonds is 6. The van der Waals surface area contributed by atoms with Crippen LogP contribution in [0.3, 0.4) is 0 Å². The average Bonchev–Trinajstić information content (AvgIpc) is 3.12. The normalized spacial score (nSPS) is 16.1. The second kappa shape index (κ2) is 8.57. The molecule has 1 saturated heterocycles. The van der Waals surface area contributed by atoms with Crippen LogP contribution in [0, 0.1) is 0 Å². The minimum absolute atomic E-state index is 0.0160. The number of amides is 1. The van der Waals surface area contributed by atoms with Gasteiger partial charge in [-0.1, -0.05) is 19.1 Å². The second-order valence-electron chi connectivity index (χ2n) is 6.89. The van der Waals surface area contributed by atoms with Gasteiger partial charge in [0.15, 0.2) is 9.84 Å². The van der Waals surface area contributed by atoms with Crippen molar-refractivity contribution >= 4 is 37.3 Å². The molecule has 1 heterocycles. The summed E-state index contributed by atoms with van der Waals surface area (Å²) in [5, 5.41) is 2.61. The van der Waals surface area contributed by atoms with Gasteiger partial charge < -0.3 is 10.2 Å². The Morgan fingerprint density at radius 3 is 2.33 bits per heavy atom. The lowest BCUT2D eigenvalue weighted by atomic mass is 10.2. The van der Waals surface area contributed by atoms with E-state index >= 15 is 0 Å². The van der Waals surface area contributed by atoms with Crippen LogP contribution in [-0.2, 0) is 19.9 Å². The van der Waals surface area contributed by atoms with E-state index in [4.69, 9.17) is 0 Å². The fourth-order valence-electron chi connectivity index (χ4n) is 3.09. The minimum atomic E-state index is -3.85. The maximum absolute atomic E-state index is 12.6. The van der Waals surface area contributed by atoms with Crippen LogP contribution in [0.15, 0.2) is 62.7 Å². The number of hydrogen-bond acceptors (Lipinski definition) is 5. The first-order chi connectivity index (χ1) is 14.1. The Kier molecular flexibility index (Phi) is 6.27. The summed E-state index contributed by atoms with van der Waals surface area (Å²) in [6.07, 6.45) is 1.48. The van der Waals surface area contributed by atoms with Gasteiger partial charge in [-0.3, -0.25) is 4.79 Å². The topological polar surface area (TPSA) is 113 Å². The molecule has 0 unspecified atom stereocenters. The molecule has 1 fully saturated rings. The fourth-order valence-corrected chi connectivity index (χ4v) is 5.28. The summed E-state index contributed by atoms with van der Waals surface area (Å²) < 4.78 is 53.4. The van der Waals surface area contributed by atoms with E-state index in [1.807, 2.05) is 4.90 Å². The lowest BCUT2D eigenvalue weighted by molar-refractivity contribution is 0.102. The van der Waals surface area contributed by atoms with E-state index in [9.17, 15) is 21.6 Å². The van der Waals surface area contributed by atoms with Gasteiger partial charge in [-0.15, -0.1) is 4.40 Å². The average molecular weight is 450 g/mol. The molecule has 0 bridgehead atoms. The van der Waals surface area contributed by atoms with Gasteiger partial charge in [0, 0.05) is 25.7 Å². The number of nitrogens with one attached hydrogen (secondary N) is 1. The third-order valence-corrected chi connectivity index (χ3v) is 7.92. The van der Waals surface area contributed by atoms with Crippen molar-refractivity contribution in [3.05, 3.63) is 54.1 Å². The lowest BCUT2D eigenvalue weighted by Crippen LogP contribution is -2.20. The highest BCUT2D eigenvalue weighted by atomic mass is 32.2. The number of sulfonamides is 1. The van der Waals surface area contributed by atoms with E-state index in [0.29, 0.717) is 17.9 Å². The molecular formula is C20H23N3O5S2. The van der Waals surface area contributed by atoms with Gasteiger partial charge in [-0.25, -0.2) is 8.42 Å². The number of nitrogens with zero attached hydrogens (tertiary/aromatic N) is 2. The number of carbonyl (C=O) groups is 1. The molecule has 3 rings (SSSR count). The molecule has 10 heteroatoms. The highest BCUT2D eigenvalue weighted by molar-refractivity contribution is 7.91. The van der Waals surface area contributed by atoms with Gasteiger partial charge in [0.25, 0.3) is 15.9 Å². The molecule has 0 saturated carbocycles. The number of carbonyl (C=O) groups excluding carboxylic acids is 1. The zero-order valence-corrected chi connectivity index (χ0v) is 18.3. The van der Waals surface area contributed by atoms with Gasteiger partial charge in [0.05, 0.1) is 21.1 Å². The molecule has 8 nitrogen and oxygen atoms in total. The van der Waals surface area contributed by atoms with Gasteiger partial charge in [0.1, 0.15) is 5.84 Å². The summed E-state index contributed by atoms with van der Waals surface area (Å²) in [6, 6.07) is 11.6. The van der Waals surface area contributed by atoms with Crippen molar-refractivity contribution in [3.63, 3.8) is 0 Å². The SMILES string of the molecule is CCS(=O)(=O)c1ccccc1C(=O)Nc1ccc(S(=O)(=O)/N=C2/CCCN2C)cc1. The van der Waals surface area contributed by atoms with E-state index in [2.05, 4.69) is 9.71 Å². The number of benzene rings is 2. The molecule has 1 N–H and O–H groups in total. The van der Waals surface area contributed by atoms with Crippen molar-refractivity contribution in [2.45, 2.75) is 29.6 Å². The van der Waals surface area contributed by atoms with Crippen molar-refractivity contribution in [1.82, 2.24) is 4.90 Å². The third-order valence-electron chi connectivity index (χ3n) is 4.82. The molecule has 2 aromatic rings. The lowest BCUT2D eigenvalue weighted by Gasteiger charge is -2.11. The van der Waals surface area contributed by atoms with Crippen molar-refractivity contribution in [3.8, 4) is 0 Å². The number of likely N-dealkylation sites (tertiary alicyclic amines) is 1. The molecule has 0 atom stereocenters. The summed E-state index contributed by atoms with van der Waals surface area (Å²) in [4.78, 5) is 14.4. The monoisotopic (exact) mass is 449 g/mol. The molecule has 30 heavy (non-hydrogen) atoms. The van der Waals surface area contributed by atoms with Gasteiger partial charge in [-0.2, -0.15) is 8.42 Å². The van der Waals surface area contributed by atoms with Crippen LogP contribution >= 0.6 is 0 Å². The van der Waals surface area contributed by atoms with Gasteiger partial charge in [-0.05, 0) is 42.8 Å². The summed E-state index contributed by atoms with van der Waals surface area (Å²) >= 11 is 0. The van der Waals surface area contributed by atoms with Crippen LogP contribution in [0.5, 0.6) is 0 Å². The van der Waals surface area contributed by atoms with Crippen LogP contribution < -0.4 is 5.32 Å². The maximum Gasteiger partial charge on any atom is 0.283 e. The highest BCUT2D eigenvalue weighted by Crippen LogP contribution is 2.21. The largest absolute Gasteiger partial charge is 0.362 e. The Labute approximate surface area is 176 Å². The molecule has 2 aromatic carbocycles. The van der Waals surface area contributed by atoms with Crippen LogP contribution in [-0.4, -0.2) is 52.8 Å². The maximum atomic E-state index is 12.6. The van der Waals surface area contributed by atoms with E-state index in [0.717, 1.165) is 13.0 Å². The van der Waals surface area contributed by atoms with Crippen LogP contribution in [0.25, 0.3) is 0 Å². The first-order valence-electron chi connectivity index (χ1n) is 9.42. The quantitative estimate of drug-likeness (QED) is 0.725. The summed E-state index contributed by atoms with van der Waals surface area (Å²) in [7, 11) is -5.61. The second-order valence-corrected chi connectivity index (χ2v) is 10.7. The zero-order valence-electron chi connectivity index (χ0n) is 16.7. The predicted octanol–water partition coefficient (Wildman–Crippen LogP) is 2.55. The summed E-state index contributed by atoms with van der Waals surface area (Å²) in [6.45, 7) is 2.28. The Morgan fingerprint density at radius 1 is 1.07 bits per heavy atom. The fraction of sp³-hybridized carbons (Fsp3) is 0.300. The molecule has 0 radical (unpaired) electrons. The molecule has 1 aliphatic heterocycles. The van der Waals surface area contributed by atoms with E-state index < -0.39 is 25.8 Å². The van der Waals surface area contributed by atoms with Gasteiger partial charge in [0.2, 0.25) is 0 Å². The third kappa shape index (κ3) is 4.71. The molecule has 1 amide bonds. The van der Waals surface area contributed by atoms with Gasteiger partial charge >= 0.3 is 0 Å². The Morgan fingerprint density at radius 2 is 1.73 bits per heavy atom. The molecular weight excluding hydrogens is 426 g/mol. The smallest absolute Gasteiger partial charge is 0.283 e. The van der Waals surface area contributed by atoms with Crippen molar-refractivity contribution in [2.75, 3.05) is 24.7 Å². The van der Waals surface area contributed by atoms with Crippen molar-refractivity contribution in [1.29, 1.82) is 0 Å².